The van der Waals surface area contributed by atoms with Crippen molar-refractivity contribution in [2.45, 2.75) is 64.0 Å². The van der Waals surface area contributed by atoms with Gasteiger partial charge in [0.1, 0.15) is 5.78 Å². The van der Waals surface area contributed by atoms with E-state index in [9.17, 15) is 4.79 Å². The van der Waals surface area contributed by atoms with Crippen LogP contribution in [0.3, 0.4) is 0 Å². The van der Waals surface area contributed by atoms with Crippen molar-refractivity contribution in [1.82, 2.24) is 4.98 Å². The molecule has 1 aromatic heterocycles. The van der Waals surface area contributed by atoms with E-state index < -0.39 is 0 Å². The Balaban J connectivity index is 1.88. The first kappa shape index (κ1) is 12.2. The lowest BCUT2D eigenvalue weighted by atomic mass is 9.93. The van der Waals surface area contributed by atoms with Crippen LogP contribution in [0.4, 0.5) is 5.13 Å². The third-order valence-electron chi connectivity index (χ3n) is 4.03. The number of rotatable bonds is 1. The van der Waals surface area contributed by atoms with Crippen molar-refractivity contribution in [3.63, 3.8) is 0 Å². The molecule has 2 saturated heterocycles. The number of Topliss-reactive ketones (excluding diaryl/α,β-unsaturated/α-hetero) is 1. The lowest BCUT2D eigenvalue weighted by Crippen LogP contribution is -2.43. The average Bonchev–Trinajstić information content (AvgIpc) is 2.81. The predicted octanol–water partition coefficient (Wildman–Crippen LogP) is 3.14. The number of carbonyl (C=O) groups is 1. The first-order chi connectivity index (χ1) is 8.45. The molecule has 18 heavy (non-hydrogen) atoms. The Kier molecular flexibility index (Phi) is 2.73. The molecule has 2 unspecified atom stereocenters. The summed E-state index contributed by atoms with van der Waals surface area (Å²) in [4.78, 5) is 18.8. The third kappa shape index (κ3) is 1.96. The molecule has 1 aromatic rings. The number of hydrogen-bond acceptors (Lipinski definition) is 4. The van der Waals surface area contributed by atoms with E-state index in [0.717, 1.165) is 30.8 Å². The van der Waals surface area contributed by atoms with Crippen LogP contribution in [0.5, 0.6) is 0 Å². The van der Waals surface area contributed by atoms with Gasteiger partial charge in [-0.05, 0) is 12.8 Å². The molecule has 0 aromatic carbocycles. The molecule has 2 aliphatic rings. The molecule has 3 nitrogen and oxygen atoms in total. The number of hydrogen-bond donors (Lipinski definition) is 0. The zero-order valence-corrected chi connectivity index (χ0v) is 12.1. The Labute approximate surface area is 112 Å². The number of aromatic nitrogens is 1. The summed E-state index contributed by atoms with van der Waals surface area (Å²) in [5.41, 5.74) is 1.28. The molecule has 0 saturated carbocycles. The zero-order chi connectivity index (χ0) is 12.9. The Morgan fingerprint density at radius 3 is 2.39 bits per heavy atom. The molecule has 2 bridgehead atoms. The molecule has 0 N–H and O–H groups in total. The summed E-state index contributed by atoms with van der Waals surface area (Å²) in [6, 6.07) is 0.824. The topological polar surface area (TPSA) is 33.2 Å². The van der Waals surface area contributed by atoms with Crippen LogP contribution in [0, 0.1) is 0 Å². The molecule has 4 heteroatoms. The van der Waals surface area contributed by atoms with Crippen molar-refractivity contribution in [1.29, 1.82) is 0 Å². The normalized spacial score (nSPS) is 27.9. The van der Waals surface area contributed by atoms with Gasteiger partial charge in [0.25, 0.3) is 0 Å². The van der Waals surface area contributed by atoms with Gasteiger partial charge in [0, 0.05) is 35.7 Å². The number of fused-ring (bicyclic) bond motifs is 2. The largest absolute Gasteiger partial charge is 0.341 e. The lowest BCUT2D eigenvalue weighted by Gasteiger charge is -2.33. The third-order valence-corrected chi connectivity index (χ3v) is 4.88. The van der Waals surface area contributed by atoms with Gasteiger partial charge in [0.15, 0.2) is 5.13 Å². The number of anilines is 1. The summed E-state index contributed by atoms with van der Waals surface area (Å²) < 4.78 is 0. The van der Waals surface area contributed by atoms with E-state index in [-0.39, 0.29) is 5.41 Å². The second kappa shape index (κ2) is 4.05. The first-order valence-electron chi connectivity index (χ1n) is 6.71. The zero-order valence-electron chi connectivity index (χ0n) is 11.3. The molecule has 2 aliphatic heterocycles. The smallest absolute Gasteiger partial charge is 0.186 e. The monoisotopic (exact) mass is 264 g/mol. The van der Waals surface area contributed by atoms with Crippen LogP contribution in [0.15, 0.2) is 5.38 Å². The summed E-state index contributed by atoms with van der Waals surface area (Å²) in [6.45, 7) is 6.58. The van der Waals surface area contributed by atoms with E-state index in [4.69, 9.17) is 4.98 Å². The molecule has 0 amide bonds. The van der Waals surface area contributed by atoms with Crippen LogP contribution in [0.25, 0.3) is 0 Å². The standard InChI is InChI=1S/C14H20N2OS/c1-14(2,3)12-8-18-13(15-12)16-9-4-5-10(16)7-11(17)6-9/h8-10H,4-7H2,1-3H3. The second-order valence-electron chi connectivity index (χ2n) is 6.50. The van der Waals surface area contributed by atoms with Crippen LogP contribution < -0.4 is 4.90 Å². The summed E-state index contributed by atoms with van der Waals surface area (Å²) >= 11 is 1.74. The van der Waals surface area contributed by atoms with Crippen molar-refractivity contribution < 1.29 is 4.79 Å². The van der Waals surface area contributed by atoms with Crippen molar-refractivity contribution in [2.75, 3.05) is 4.90 Å². The molecule has 0 aliphatic carbocycles. The van der Waals surface area contributed by atoms with Gasteiger partial charge in [-0.3, -0.25) is 4.79 Å². The van der Waals surface area contributed by atoms with Gasteiger partial charge in [0.2, 0.25) is 0 Å². The van der Waals surface area contributed by atoms with Crippen molar-refractivity contribution in [3.8, 4) is 0 Å². The summed E-state index contributed by atoms with van der Waals surface area (Å²) in [6.07, 6.45) is 3.75. The Bertz CT molecular complexity index is 458. The second-order valence-corrected chi connectivity index (χ2v) is 7.34. The van der Waals surface area contributed by atoms with Gasteiger partial charge in [0.05, 0.1) is 5.69 Å². The maximum atomic E-state index is 11.6. The van der Waals surface area contributed by atoms with Crippen LogP contribution in [-0.4, -0.2) is 22.9 Å². The van der Waals surface area contributed by atoms with Crippen LogP contribution in [0.1, 0.15) is 52.1 Å². The highest BCUT2D eigenvalue weighted by molar-refractivity contribution is 7.13. The fourth-order valence-electron chi connectivity index (χ4n) is 3.01. The maximum absolute atomic E-state index is 11.6. The number of piperidine rings is 1. The molecular weight excluding hydrogens is 244 g/mol. The number of nitrogens with zero attached hydrogens (tertiary/aromatic N) is 2. The Morgan fingerprint density at radius 1 is 1.28 bits per heavy atom. The van der Waals surface area contributed by atoms with E-state index in [1.165, 1.54) is 5.69 Å². The highest BCUT2D eigenvalue weighted by atomic mass is 32.1. The molecule has 0 spiro atoms. The highest BCUT2D eigenvalue weighted by Gasteiger charge is 2.41. The van der Waals surface area contributed by atoms with Crippen molar-refractivity contribution in [3.05, 3.63) is 11.1 Å². The molecule has 0 radical (unpaired) electrons. The molecular formula is C14H20N2OS. The predicted molar refractivity (Wildman–Crippen MR) is 74.3 cm³/mol. The number of carbonyl (C=O) groups excluding carboxylic acids is 1. The van der Waals surface area contributed by atoms with Gasteiger partial charge < -0.3 is 4.90 Å². The van der Waals surface area contributed by atoms with Crippen LogP contribution in [-0.2, 0) is 10.2 Å². The van der Waals surface area contributed by atoms with E-state index in [1.807, 2.05) is 0 Å². The number of thiazole rings is 1. The summed E-state index contributed by atoms with van der Waals surface area (Å²) in [7, 11) is 0. The summed E-state index contributed by atoms with van der Waals surface area (Å²) in [5.74, 6) is 0.436. The SMILES string of the molecule is CC(C)(C)c1csc(N2C3CCC2CC(=O)C3)n1. The minimum absolute atomic E-state index is 0.111. The Hall–Kier alpha value is -0.900. The van der Waals surface area contributed by atoms with E-state index in [0.29, 0.717) is 17.9 Å². The van der Waals surface area contributed by atoms with E-state index >= 15 is 0 Å². The quantitative estimate of drug-likeness (QED) is 0.781. The van der Waals surface area contributed by atoms with Crippen LogP contribution >= 0.6 is 11.3 Å². The minimum Gasteiger partial charge on any atom is -0.341 e. The molecule has 3 heterocycles. The van der Waals surface area contributed by atoms with Crippen LogP contribution in [0.2, 0.25) is 0 Å². The fraction of sp³-hybridized carbons (Fsp3) is 0.714. The Morgan fingerprint density at radius 2 is 1.89 bits per heavy atom. The molecule has 2 fully saturated rings. The highest BCUT2D eigenvalue weighted by Crippen LogP contribution is 2.40. The maximum Gasteiger partial charge on any atom is 0.186 e. The van der Waals surface area contributed by atoms with Crippen molar-refractivity contribution in [2.24, 2.45) is 0 Å². The van der Waals surface area contributed by atoms with E-state index in [2.05, 4.69) is 31.1 Å². The summed E-state index contributed by atoms with van der Waals surface area (Å²) in [5, 5.41) is 3.30. The van der Waals surface area contributed by atoms with Gasteiger partial charge in [-0.1, -0.05) is 20.8 Å². The lowest BCUT2D eigenvalue weighted by molar-refractivity contribution is -0.120. The van der Waals surface area contributed by atoms with Crippen molar-refractivity contribution >= 4 is 22.3 Å². The first-order valence-corrected chi connectivity index (χ1v) is 7.59. The number of ketones is 1. The average molecular weight is 264 g/mol. The fourth-order valence-corrected chi connectivity index (χ4v) is 4.20. The minimum atomic E-state index is 0.111. The van der Waals surface area contributed by atoms with Gasteiger partial charge in [-0.2, -0.15) is 0 Å². The molecule has 2 atom stereocenters. The van der Waals surface area contributed by atoms with E-state index in [1.54, 1.807) is 11.3 Å². The van der Waals surface area contributed by atoms with Gasteiger partial charge in [-0.15, -0.1) is 11.3 Å². The van der Waals surface area contributed by atoms with Gasteiger partial charge in [-0.25, -0.2) is 4.98 Å². The molecule has 98 valence electrons. The van der Waals surface area contributed by atoms with Gasteiger partial charge >= 0.3 is 0 Å². The molecule has 3 rings (SSSR count).